The SMILES string of the molecule is Cc1c#cc(-c2cccc(C(F)(F)F)c2)cc1. The summed E-state index contributed by atoms with van der Waals surface area (Å²) in [6.07, 6.45) is -4.32. The summed E-state index contributed by atoms with van der Waals surface area (Å²) >= 11 is 0. The van der Waals surface area contributed by atoms with Gasteiger partial charge in [-0.2, -0.15) is 13.2 Å². The van der Waals surface area contributed by atoms with Crippen LogP contribution in [0.3, 0.4) is 0 Å². The molecule has 0 aliphatic rings. The first-order chi connectivity index (χ1) is 7.97. The highest BCUT2D eigenvalue weighted by Gasteiger charge is 2.30. The number of halogens is 3. The summed E-state index contributed by atoms with van der Waals surface area (Å²) in [5.41, 5.74) is 1.36. The molecule has 17 heavy (non-hydrogen) atoms. The van der Waals surface area contributed by atoms with Gasteiger partial charge in [0, 0.05) is 5.56 Å². The molecule has 2 rings (SSSR count). The highest BCUT2D eigenvalue weighted by atomic mass is 19.4. The van der Waals surface area contributed by atoms with E-state index in [-0.39, 0.29) is 0 Å². The van der Waals surface area contributed by atoms with Gasteiger partial charge in [0.05, 0.1) is 5.56 Å². The van der Waals surface area contributed by atoms with Crippen molar-refractivity contribution in [3.05, 3.63) is 59.7 Å². The second-order valence-electron chi connectivity index (χ2n) is 3.76. The number of aryl methyl sites for hydroxylation is 1. The molecule has 0 heterocycles. The summed E-state index contributed by atoms with van der Waals surface area (Å²) in [4.78, 5) is 0. The van der Waals surface area contributed by atoms with Crippen LogP contribution in [-0.2, 0) is 6.18 Å². The third kappa shape index (κ3) is 2.59. The molecule has 2 aromatic carbocycles. The van der Waals surface area contributed by atoms with E-state index in [4.69, 9.17) is 0 Å². The van der Waals surface area contributed by atoms with Gasteiger partial charge in [0.25, 0.3) is 0 Å². The van der Waals surface area contributed by atoms with E-state index < -0.39 is 11.7 Å². The molecule has 2 aromatic rings. The summed E-state index contributed by atoms with van der Waals surface area (Å²) in [5, 5.41) is 0. The zero-order valence-corrected chi connectivity index (χ0v) is 9.10. The molecule has 0 amide bonds. The maximum Gasteiger partial charge on any atom is 0.416 e. The van der Waals surface area contributed by atoms with Crippen molar-refractivity contribution in [3.63, 3.8) is 0 Å². The van der Waals surface area contributed by atoms with Gasteiger partial charge >= 0.3 is 6.18 Å². The Morgan fingerprint density at radius 2 is 1.76 bits per heavy atom. The predicted molar refractivity (Wildman–Crippen MR) is 59.3 cm³/mol. The molecule has 0 aliphatic heterocycles. The minimum atomic E-state index is -4.32. The fraction of sp³-hybridized carbons (Fsp3) is 0.143. The van der Waals surface area contributed by atoms with E-state index in [1.165, 1.54) is 6.07 Å². The molecule has 0 aromatic heterocycles. The fourth-order valence-electron chi connectivity index (χ4n) is 1.49. The van der Waals surface area contributed by atoms with Gasteiger partial charge in [0.15, 0.2) is 0 Å². The molecule has 86 valence electrons. The molecule has 0 N–H and O–H groups in total. The van der Waals surface area contributed by atoms with Gasteiger partial charge in [-0.1, -0.05) is 24.3 Å². The van der Waals surface area contributed by atoms with Crippen LogP contribution in [0.15, 0.2) is 36.4 Å². The first-order valence-corrected chi connectivity index (χ1v) is 5.05. The number of alkyl halides is 3. The Hall–Kier alpha value is -1.95. The summed E-state index contributed by atoms with van der Waals surface area (Å²) < 4.78 is 37.6. The Morgan fingerprint density at radius 3 is 2.35 bits per heavy atom. The van der Waals surface area contributed by atoms with E-state index in [0.29, 0.717) is 11.1 Å². The molecule has 0 aliphatic carbocycles. The van der Waals surface area contributed by atoms with Gasteiger partial charge in [-0.3, -0.25) is 0 Å². The van der Waals surface area contributed by atoms with Crippen LogP contribution in [0.25, 0.3) is 11.1 Å². The number of benzene rings is 1. The summed E-state index contributed by atoms with van der Waals surface area (Å²) in [6.45, 7) is 1.85. The quantitative estimate of drug-likeness (QED) is 0.690. The minimum absolute atomic E-state index is 0.496. The second kappa shape index (κ2) is 4.14. The van der Waals surface area contributed by atoms with Gasteiger partial charge < -0.3 is 0 Å². The van der Waals surface area contributed by atoms with Crippen LogP contribution in [0.4, 0.5) is 13.2 Å². The average molecular weight is 234 g/mol. The van der Waals surface area contributed by atoms with Crippen molar-refractivity contribution in [2.45, 2.75) is 13.1 Å². The summed E-state index contributed by atoms with van der Waals surface area (Å²) in [6, 6.07) is 14.4. The van der Waals surface area contributed by atoms with E-state index in [0.717, 1.165) is 17.7 Å². The Morgan fingerprint density at radius 1 is 1.00 bits per heavy atom. The average Bonchev–Trinajstić information content (AvgIpc) is 2.29. The van der Waals surface area contributed by atoms with Gasteiger partial charge in [-0.15, -0.1) is 0 Å². The molecule has 0 bridgehead atoms. The van der Waals surface area contributed by atoms with Crippen molar-refractivity contribution in [1.82, 2.24) is 0 Å². The maximum absolute atomic E-state index is 12.5. The largest absolute Gasteiger partial charge is 0.416 e. The van der Waals surface area contributed by atoms with E-state index in [1.54, 1.807) is 18.2 Å². The van der Waals surface area contributed by atoms with Crippen molar-refractivity contribution in [1.29, 1.82) is 0 Å². The van der Waals surface area contributed by atoms with E-state index in [1.807, 2.05) is 6.92 Å². The first kappa shape index (κ1) is 11.5. The molecule has 0 saturated carbocycles. The molecular weight excluding hydrogens is 225 g/mol. The van der Waals surface area contributed by atoms with Crippen LogP contribution < -0.4 is 0 Å². The monoisotopic (exact) mass is 234 g/mol. The molecule has 0 atom stereocenters. The Labute approximate surface area is 97.7 Å². The molecule has 3 heteroatoms. The van der Waals surface area contributed by atoms with Crippen LogP contribution in [0.1, 0.15) is 11.1 Å². The van der Waals surface area contributed by atoms with Crippen LogP contribution in [-0.4, -0.2) is 0 Å². The smallest absolute Gasteiger partial charge is 0.166 e. The van der Waals surface area contributed by atoms with Crippen molar-refractivity contribution in [3.8, 4) is 11.1 Å². The third-order valence-corrected chi connectivity index (χ3v) is 2.40. The topological polar surface area (TPSA) is 0 Å². The van der Waals surface area contributed by atoms with Crippen molar-refractivity contribution < 1.29 is 13.2 Å². The Bertz CT molecular complexity index is 510. The van der Waals surface area contributed by atoms with E-state index >= 15 is 0 Å². The lowest BCUT2D eigenvalue weighted by atomic mass is 10.0. The lowest BCUT2D eigenvalue weighted by Gasteiger charge is -2.07. The van der Waals surface area contributed by atoms with Gasteiger partial charge in [0.1, 0.15) is 0 Å². The highest BCUT2D eigenvalue weighted by molar-refractivity contribution is 5.62. The zero-order valence-electron chi connectivity index (χ0n) is 9.10. The number of hydrogen-bond donors (Lipinski definition) is 0. The van der Waals surface area contributed by atoms with Crippen LogP contribution in [0, 0.1) is 19.1 Å². The lowest BCUT2D eigenvalue weighted by molar-refractivity contribution is -0.137. The van der Waals surface area contributed by atoms with Crippen LogP contribution in [0.2, 0.25) is 0 Å². The standard InChI is InChI=1S/C14H9F3/c1-10-5-7-11(8-6-10)12-3-2-4-13(9-12)14(15,16)17/h2-5,7,9H,1H3. The van der Waals surface area contributed by atoms with Gasteiger partial charge in [-0.05, 0) is 42.3 Å². The molecular formula is C14H9F3. The first-order valence-electron chi connectivity index (χ1n) is 5.05. The fourth-order valence-corrected chi connectivity index (χ4v) is 1.49. The van der Waals surface area contributed by atoms with Crippen molar-refractivity contribution in [2.75, 3.05) is 0 Å². The predicted octanol–water partition coefficient (Wildman–Crippen LogP) is 4.28. The van der Waals surface area contributed by atoms with Crippen LogP contribution >= 0.6 is 0 Å². The van der Waals surface area contributed by atoms with Gasteiger partial charge in [0.2, 0.25) is 0 Å². The molecule has 0 radical (unpaired) electrons. The van der Waals surface area contributed by atoms with Gasteiger partial charge in [-0.25, -0.2) is 0 Å². The maximum atomic E-state index is 12.5. The molecule has 0 unspecified atom stereocenters. The van der Waals surface area contributed by atoms with Crippen molar-refractivity contribution >= 4 is 0 Å². The minimum Gasteiger partial charge on any atom is -0.166 e. The number of hydrogen-bond acceptors (Lipinski definition) is 0. The zero-order chi connectivity index (χ0) is 12.5. The molecule has 0 fully saturated rings. The summed E-state index contributed by atoms with van der Waals surface area (Å²) in [7, 11) is 0. The second-order valence-corrected chi connectivity index (χ2v) is 3.76. The van der Waals surface area contributed by atoms with E-state index in [2.05, 4.69) is 12.1 Å². The normalized spacial score (nSPS) is 11.1. The molecule has 0 nitrogen and oxygen atoms in total. The Balaban J connectivity index is 2.43. The highest BCUT2D eigenvalue weighted by Crippen LogP contribution is 2.31. The summed E-state index contributed by atoms with van der Waals surface area (Å²) in [5.74, 6) is 0. The van der Waals surface area contributed by atoms with Crippen LogP contribution in [0.5, 0.6) is 0 Å². The number of rotatable bonds is 1. The molecule has 0 spiro atoms. The third-order valence-electron chi connectivity index (χ3n) is 2.40. The van der Waals surface area contributed by atoms with Crippen molar-refractivity contribution in [2.24, 2.45) is 0 Å². The lowest BCUT2D eigenvalue weighted by Crippen LogP contribution is -2.04. The Kier molecular flexibility index (Phi) is 2.81. The van der Waals surface area contributed by atoms with E-state index in [9.17, 15) is 13.2 Å². The molecule has 0 saturated heterocycles.